The van der Waals surface area contributed by atoms with Gasteiger partial charge in [-0.25, -0.2) is 13.6 Å². The minimum Gasteiger partial charge on any atom is -0.397 e. The Morgan fingerprint density at radius 2 is 2.10 bits per heavy atom. The molecular weight excluding hydrogens is 286 g/mol. The van der Waals surface area contributed by atoms with Crippen LogP contribution in [0.5, 0.6) is 0 Å². The molecule has 118 valence electrons. The third-order valence-electron chi connectivity index (χ3n) is 4.27. The fraction of sp³-hybridized carbons (Fsp3) is 0.600. The largest absolute Gasteiger partial charge is 0.397 e. The molecule has 0 heterocycles. The van der Waals surface area contributed by atoms with Crippen LogP contribution in [0.3, 0.4) is 0 Å². The van der Waals surface area contributed by atoms with Gasteiger partial charge in [-0.2, -0.15) is 0 Å². The van der Waals surface area contributed by atoms with Crippen LogP contribution in [0.25, 0.3) is 0 Å². The maximum atomic E-state index is 11.4. The second kappa shape index (κ2) is 6.66. The van der Waals surface area contributed by atoms with Gasteiger partial charge in [-0.05, 0) is 42.9 Å². The Labute approximate surface area is 127 Å². The van der Waals surface area contributed by atoms with E-state index in [4.69, 9.17) is 10.9 Å². The molecule has 1 saturated carbocycles. The number of rotatable bonds is 5. The SMILES string of the molecule is CC1CCCC(CCNc2cc(S(N)(=O)=O)ccc2N)C1. The molecule has 0 amide bonds. The molecular formula is C15H25N3O2S. The number of nitrogen functional groups attached to an aromatic ring is 1. The van der Waals surface area contributed by atoms with Crippen molar-refractivity contribution in [2.75, 3.05) is 17.6 Å². The Morgan fingerprint density at radius 1 is 1.33 bits per heavy atom. The molecule has 2 atom stereocenters. The number of hydrogen-bond donors (Lipinski definition) is 3. The Hall–Kier alpha value is -1.27. The zero-order valence-corrected chi connectivity index (χ0v) is 13.3. The summed E-state index contributed by atoms with van der Waals surface area (Å²) >= 11 is 0. The lowest BCUT2D eigenvalue weighted by Crippen LogP contribution is -2.17. The molecule has 1 aromatic rings. The number of nitrogens with one attached hydrogen (secondary N) is 1. The second-order valence-corrected chi connectivity index (χ2v) is 7.71. The summed E-state index contributed by atoms with van der Waals surface area (Å²) in [6, 6.07) is 4.51. The summed E-state index contributed by atoms with van der Waals surface area (Å²) in [5.41, 5.74) is 7.06. The van der Waals surface area contributed by atoms with E-state index in [0.29, 0.717) is 11.4 Å². The summed E-state index contributed by atoms with van der Waals surface area (Å²) in [6.07, 6.45) is 6.32. The number of sulfonamides is 1. The second-order valence-electron chi connectivity index (χ2n) is 6.15. The molecule has 0 spiro atoms. The Balaban J connectivity index is 1.93. The van der Waals surface area contributed by atoms with Gasteiger partial charge in [-0.1, -0.05) is 26.2 Å². The zero-order valence-electron chi connectivity index (χ0n) is 12.5. The predicted octanol–water partition coefficient (Wildman–Crippen LogP) is 2.54. The van der Waals surface area contributed by atoms with Gasteiger partial charge in [0.15, 0.2) is 0 Å². The minimum atomic E-state index is -3.69. The smallest absolute Gasteiger partial charge is 0.238 e. The normalized spacial score (nSPS) is 23.0. The first-order chi connectivity index (χ1) is 9.86. The average molecular weight is 311 g/mol. The van der Waals surface area contributed by atoms with Crippen molar-refractivity contribution in [3.63, 3.8) is 0 Å². The molecule has 1 aromatic carbocycles. The van der Waals surface area contributed by atoms with Crippen molar-refractivity contribution in [1.29, 1.82) is 0 Å². The van der Waals surface area contributed by atoms with Crippen LogP contribution in [0.1, 0.15) is 39.0 Å². The molecule has 2 rings (SSSR count). The van der Waals surface area contributed by atoms with Crippen LogP contribution in [-0.2, 0) is 10.0 Å². The highest BCUT2D eigenvalue weighted by atomic mass is 32.2. The van der Waals surface area contributed by atoms with Crippen molar-refractivity contribution in [2.24, 2.45) is 17.0 Å². The average Bonchev–Trinajstić information content (AvgIpc) is 2.39. The van der Waals surface area contributed by atoms with Crippen molar-refractivity contribution in [2.45, 2.75) is 43.9 Å². The minimum absolute atomic E-state index is 0.0884. The monoisotopic (exact) mass is 311 g/mol. The van der Waals surface area contributed by atoms with E-state index >= 15 is 0 Å². The van der Waals surface area contributed by atoms with Crippen LogP contribution in [-0.4, -0.2) is 15.0 Å². The van der Waals surface area contributed by atoms with E-state index in [1.807, 2.05) is 0 Å². The molecule has 5 N–H and O–H groups in total. The lowest BCUT2D eigenvalue weighted by Gasteiger charge is -2.26. The number of primary sulfonamides is 1. The highest BCUT2D eigenvalue weighted by Crippen LogP contribution is 2.31. The van der Waals surface area contributed by atoms with Crippen LogP contribution in [0.15, 0.2) is 23.1 Å². The van der Waals surface area contributed by atoms with Gasteiger partial charge in [-0.15, -0.1) is 0 Å². The lowest BCUT2D eigenvalue weighted by atomic mass is 9.81. The van der Waals surface area contributed by atoms with E-state index in [2.05, 4.69) is 12.2 Å². The van der Waals surface area contributed by atoms with Gasteiger partial charge in [-0.3, -0.25) is 0 Å². The summed E-state index contributed by atoms with van der Waals surface area (Å²) in [5, 5.41) is 8.38. The first-order valence-electron chi connectivity index (χ1n) is 7.52. The molecule has 1 aliphatic carbocycles. The fourth-order valence-electron chi connectivity index (χ4n) is 3.10. The molecule has 0 aliphatic heterocycles. The van der Waals surface area contributed by atoms with E-state index in [-0.39, 0.29) is 4.90 Å². The third kappa shape index (κ3) is 4.61. The Bertz CT molecular complexity index is 587. The van der Waals surface area contributed by atoms with E-state index < -0.39 is 10.0 Å². The number of anilines is 2. The van der Waals surface area contributed by atoms with Crippen LogP contribution >= 0.6 is 0 Å². The molecule has 1 fully saturated rings. The molecule has 0 aromatic heterocycles. The van der Waals surface area contributed by atoms with Gasteiger partial charge in [0.1, 0.15) is 0 Å². The molecule has 0 bridgehead atoms. The number of hydrogen-bond acceptors (Lipinski definition) is 4. The fourth-order valence-corrected chi connectivity index (χ4v) is 3.64. The van der Waals surface area contributed by atoms with Gasteiger partial charge in [0, 0.05) is 6.54 Å². The summed E-state index contributed by atoms with van der Waals surface area (Å²) in [4.78, 5) is 0.0884. The van der Waals surface area contributed by atoms with Gasteiger partial charge < -0.3 is 11.1 Å². The van der Waals surface area contributed by atoms with Gasteiger partial charge >= 0.3 is 0 Å². The molecule has 21 heavy (non-hydrogen) atoms. The van der Waals surface area contributed by atoms with Crippen molar-refractivity contribution < 1.29 is 8.42 Å². The third-order valence-corrected chi connectivity index (χ3v) is 5.18. The van der Waals surface area contributed by atoms with Gasteiger partial charge in [0.05, 0.1) is 16.3 Å². The maximum Gasteiger partial charge on any atom is 0.238 e. The van der Waals surface area contributed by atoms with Crippen molar-refractivity contribution in [1.82, 2.24) is 0 Å². The van der Waals surface area contributed by atoms with Crippen LogP contribution < -0.4 is 16.2 Å². The molecule has 6 heteroatoms. The van der Waals surface area contributed by atoms with Crippen molar-refractivity contribution in [3.8, 4) is 0 Å². The number of nitrogens with two attached hydrogens (primary N) is 2. The van der Waals surface area contributed by atoms with Crippen molar-refractivity contribution in [3.05, 3.63) is 18.2 Å². The summed E-state index contributed by atoms with van der Waals surface area (Å²) in [5.74, 6) is 1.57. The Kier molecular flexibility index (Phi) is 5.11. The zero-order chi connectivity index (χ0) is 15.5. The molecule has 5 nitrogen and oxygen atoms in total. The standard InChI is InChI=1S/C15H25N3O2S/c1-11-3-2-4-12(9-11)7-8-18-15-10-13(21(17,19)20)5-6-14(15)16/h5-6,10-12,18H,2-4,7-9,16H2,1H3,(H2,17,19,20). The molecule has 2 unspecified atom stereocenters. The van der Waals surface area contributed by atoms with E-state index in [9.17, 15) is 8.42 Å². The summed E-state index contributed by atoms with van der Waals surface area (Å²) in [6.45, 7) is 3.11. The van der Waals surface area contributed by atoms with Crippen LogP contribution in [0.4, 0.5) is 11.4 Å². The maximum absolute atomic E-state index is 11.4. The first-order valence-corrected chi connectivity index (χ1v) is 9.07. The molecule has 0 saturated heterocycles. The topological polar surface area (TPSA) is 98.2 Å². The van der Waals surface area contributed by atoms with Crippen LogP contribution in [0, 0.1) is 11.8 Å². The van der Waals surface area contributed by atoms with Crippen LogP contribution in [0.2, 0.25) is 0 Å². The quantitative estimate of drug-likeness (QED) is 0.728. The highest BCUT2D eigenvalue weighted by Gasteiger charge is 2.18. The van der Waals surface area contributed by atoms with Gasteiger partial charge in [0.25, 0.3) is 0 Å². The van der Waals surface area contributed by atoms with E-state index in [1.54, 1.807) is 6.07 Å². The summed E-state index contributed by atoms with van der Waals surface area (Å²) in [7, 11) is -3.69. The molecule has 1 aliphatic rings. The van der Waals surface area contributed by atoms with Gasteiger partial charge in [0.2, 0.25) is 10.0 Å². The molecule has 0 radical (unpaired) electrons. The predicted molar refractivity (Wildman–Crippen MR) is 86.5 cm³/mol. The highest BCUT2D eigenvalue weighted by molar-refractivity contribution is 7.89. The van der Waals surface area contributed by atoms with E-state index in [1.165, 1.54) is 37.8 Å². The van der Waals surface area contributed by atoms with Crippen molar-refractivity contribution >= 4 is 21.4 Å². The lowest BCUT2D eigenvalue weighted by molar-refractivity contribution is 0.274. The first kappa shape index (κ1) is 16.1. The van der Waals surface area contributed by atoms with E-state index in [0.717, 1.165) is 24.8 Å². The number of benzene rings is 1. The Morgan fingerprint density at radius 3 is 2.76 bits per heavy atom. The summed E-state index contributed by atoms with van der Waals surface area (Å²) < 4.78 is 22.7.